The SMILES string of the molecule is CCC(OC(=O)C(F)(F)F)C1C[NH+](C)CCO1.O=S([O-])O. The summed E-state index contributed by atoms with van der Waals surface area (Å²) in [6.07, 6.45) is -5.93. The molecule has 2 N–H and O–H groups in total. The highest BCUT2D eigenvalue weighted by molar-refractivity contribution is 7.73. The van der Waals surface area contributed by atoms with Crippen LogP contribution in [0.15, 0.2) is 0 Å². The summed E-state index contributed by atoms with van der Waals surface area (Å²) in [4.78, 5) is 11.9. The summed E-state index contributed by atoms with van der Waals surface area (Å²) < 4.78 is 70.1. The van der Waals surface area contributed by atoms with Crippen LogP contribution >= 0.6 is 0 Å². The normalized spacial score (nSPS) is 25.3. The van der Waals surface area contributed by atoms with Gasteiger partial charge in [-0.1, -0.05) is 6.92 Å². The molecule has 4 unspecified atom stereocenters. The van der Waals surface area contributed by atoms with E-state index in [1.54, 1.807) is 6.92 Å². The Balaban J connectivity index is 0.000000885. The highest BCUT2D eigenvalue weighted by Crippen LogP contribution is 2.20. The van der Waals surface area contributed by atoms with E-state index in [4.69, 9.17) is 18.1 Å². The average molecular weight is 337 g/mol. The predicted octanol–water partition coefficient (Wildman–Crippen LogP) is -0.877. The Morgan fingerprint density at radius 1 is 1.62 bits per heavy atom. The fourth-order valence-corrected chi connectivity index (χ4v) is 1.75. The molecule has 11 heteroatoms. The number of morpholine rings is 1. The van der Waals surface area contributed by atoms with E-state index in [2.05, 4.69) is 4.74 Å². The zero-order chi connectivity index (χ0) is 16.6. The highest BCUT2D eigenvalue weighted by Gasteiger charge is 2.43. The van der Waals surface area contributed by atoms with Gasteiger partial charge in [-0.05, 0) is 6.42 Å². The van der Waals surface area contributed by atoms with Gasteiger partial charge in [0.25, 0.3) is 0 Å². The fraction of sp³-hybridized carbons (Fsp3) is 0.900. The summed E-state index contributed by atoms with van der Waals surface area (Å²) in [6, 6.07) is 0. The first-order chi connectivity index (χ1) is 9.57. The lowest BCUT2D eigenvalue weighted by atomic mass is 10.1. The van der Waals surface area contributed by atoms with Crippen molar-refractivity contribution in [1.29, 1.82) is 0 Å². The minimum Gasteiger partial charge on any atom is -0.750 e. The van der Waals surface area contributed by atoms with Crippen LogP contribution in [0.25, 0.3) is 0 Å². The van der Waals surface area contributed by atoms with Crippen LogP contribution in [0.5, 0.6) is 0 Å². The lowest BCUT2D eigenvalue weighted by Gasteiger charge is -2.32. The van der Waals surface area contributed by atoms with Gasteiger partial charge in [-0.25, -0.2) is 9.00 Å². The van der Waals surface area contributed by atoms with Gasteiger partial charge in [0.15, 0.2) is 0 Å². The van der Waals surface area contributed by atoms with Crippen molar-refractivity contribution in [3.05, 3.63) is 0 Å². The van der Waals surface area contributed by atoms with E-state index < -0.39 is 35.7 Å². The van der Waals surface area contributed by atoms with Crippen LogP contribution in [0.2, 0.25) is 0 Å². The smallest absolute Gasteiger partial charge is 0.490 e. The zero-order valence-electron chi connectivity index (χ0n) is 11.5. The maximum atomic E-state index is 12.1. The summed E-state index contributed by atoms with van der Waals surface area (Å²) in [7, 11) is 1.92. The summed E-state index contributed by atoms with van der Waals surface area (Å²) in [5.74, 6) is -2.14. The third-order valence-electron chi connectivity index (χ3n) is 2.72. The third kappa shape index (κ3) is 8.98. The van der Waals surface area contributed by atoms with E-state index in [1.807, 2.05) is 7.05 Å². The van der Waals surface area contributed by atoms with Gasteiger partial charge in [-0.15, -0.1) is 0 Å². The van der Waals surface area contributed by atoms with Crippen LogP contribution in [0.1, 0.15) is 13.3 Å². The van der Waals surface area contributed by atoms with E-state index in [9.17, 15) is 18.0 Å². The van der Waals surface area contributed by atoms with Crippen LogP contribution in [0.3, 0.4) is 0 Å². The molecule has 0 bridgehead atoms. The fourth-order valence-electron chi connectivity index (χ4n) is 1.75. The van der Waals surface area contributed by atoms with Gasteiger partial charge in [0.2, 0.25) is 0 Å². The van der Waals surface area contributed by atoms with Crippen molar-refractivity contribution >= 4 is 17.3 Å². The number of nitrogens with one attached hydrogen (secondary N) is 1. The van der Waals surface area contributed by atoms with Crippen LogP contribution in [-0.2, 0) is 25.6 Å². The minimum absolute atomic E-state index is 0.305. The minimum atomic E-state index is -4.94. The second-order valence-corrected chi connectivity index (χ2v) is 4.82. The number of alkyl halides is 3. The molecule has 0 aromatic rings. The number of carbonyl (C=O) groups is 1. The summed E-state index contributed by atoms with van der Waals surface area (Å²) in [5.41, 5.74) is 0. The number of ether oxygens (including phenoxy) is 2. The predicted molar refractivity (Wildman–Crippen MR) is 64.1 cm³/mol. The van der Waals surface area contributed by atoms with E-state index >= 15 is 0 Å². The first kappa shape index (κ1) is 20.2. The average Bonchev–Trinajstić information content (AvgIpc) is 2.33. The molecule has 0 amide bonds. The molecule has 7 nitrogen and oxygen atoms in total. The van der Waals surface area contributed by atoms with E-state index in [-0.39, 0.29) is 0 Å². The second-order valence-electron chi connectivity index (χ2n) is 4.39. The van der Waals surface area contributed by atoms with Crippen LogP contribution in [0, 0.1) is 0 Å². The van der Waals surface area contributed by atoms with Crippen molar-refractivity contribution < 1.29 is 45.7 Å². The van der Waals surface area contributed by atoms with Gasteiger partial charge >= 0.3 is 12.1 Å². The van der Waals surface area contributed by atoms with Crippen molar-refractivity contribution in [2.45, 2.75) is 31.7 Å². The molecule has 1 rings (SSSR count). The third-order valence-corrected chi connectivity index (χ3v) is 2.72. The molecule has 0 saturated carbocycles. The lowest BCUT2D eigenvalue weighted by Crippen LogP contribution is -3.12. The Hall–Kier alpha value is -0.750. The van der Waals surface area contributed by atoms with Crippen molar-refractivity contribution in [3.8, 4) is 0 Å². The van der Waals surface area contributed by atoms with E-state index in [0.717, 1.165) is 11.4 Å². The number of rotatable bonds is 3. The molecule has 0 spiro atoms. The summed E-state index contributed by atoms with van der Waals surface area (Å²) >= 11 is -2.86. The molecule has 0 aromatic heterocycles. The molecule has 4 atom stereocenters. The first-order valence-electron chi connectivity index (χ1n) is 6.07. The van der Waals surface area contributed by atoms with Gasteiger partial charge in [0.1, 0.15) is 25.3 Å². The Kier molecular flexibility index (Phi) is 8.97. The zero-order valence-corrected chi connectivity index (χ0v) is 12.3. The molecule has 1 saturated heterocycles. The second kappa shape index (κ2) is 9.30. The van der Waals surface area contributed by atoms with Crippen molar-refractivity contribution in [1.82, 2.24) is 0 Å². The number of carbonyl (C=O) groups excluding carboxylic acids is 1. The molecule has 1 fully saturated rings. The number of hydrogen-bond acceptors (Lipinski definition) is 5. The molecule has 1 heterocycles. The van der Waals surface area contributed by atoms with Gasteiger partial charge in [-0.2, -0.15) is 13.2 Å². The highest BCUT2D eigenvalue weighted by atomic mass is 32.2. The standard InChI is InChI=1S/C10H16F3NO3.H2O3S/c1-3-7(17-9(15)10(11,12)13)8-6-14(2)4-5-16-8;1-4(2)3/h7-8H,3-6H2,1-2H3;(H2,1,2,3). The number of halogens is 3. The topological polar surface area (TPSA) is 100 Å². The van der Waals surface area contributed by atoms with Gasteiger partial charge in [0, 0.05) is 0 Å². The number of esters is 1. The van der Waals surface area contributed by atoms with Crippen LogP contribution in [-0.4, -0.2) is 64.4 Å². The Morgan fingerprint density at radius 2 is 2.14 bits per heavy atom. The Bertz CT molecular complexity index is 350. The molecular formula is C10H18F3NO6S. The summed E-state index contributed by atoms with van der Waals surface area (Å²) in [5, 5.41) is 0. The molecule has 1 aliphatic rings. The maximum absolute atomic E-state index is 12.1. The monoisotopic (exact) mass is 337 g/mol. The summed E-state index contributed by atoms with van der Waals surface area (Å²) in [6.45, 7) is 3.49. The van der Waals surface area contributed by atoms with Gasteiger partial charge in [0.05, 0.1) is 25.0 Å². The molecule has 21 heavy (non-hydrogen) atoms. The van der Waals surface area contributed by atoms with Crippen molar-refractivity contribution in [2.24, 2.45) is 0 Å². The van der Waals surface area contributed by atoms with Crippen molar-refractivity contribution in [3.63, 3.8) is 0 Å². The quantitative estimate of drug-likeness (QED) is 0.513. The molecule has 126 valence electrons. The molecule has 0 aliphatic carbocycles. The molecule has 0 aromatic carbocycles. The van der Waals surface area contributed by atoms with Gasteiger partial charge < -0.3 is 23.5 Å². The largest absolute Gasteiger partial charge is 0.750 e. The van der Waals surface area contributed by atoms with Crippen LogP contribution in [0.4, 0.5) is 13.2 Å². The van der Waals surface area contributed by atoms with Crippen molar-refractivity contribution in [2.75, 3.05) is 26.7 Å². The Morgan fingerprint density at radius 3 is 2.52 bits per heavy atom. The molecule has 1 aliphatic heterocycles. The van der Waals surface area contributed by atoms with Gasteiger partial charge in [-0.3, -0.25) is 0 Å². The number of quaternary nitrogens is 1. The molecular weight excluding hydrogens is 319 g/mol. The Labute approximate surface area is 122 Å². The van der Waals surface area contributed by atoms with E-state index in [1.165, 1.54) is 0 Å². The number of likely N-dealkylation sites (N-methyl/N-ethyl adjacent to an activating group) is 1. The number of hydrogen-bond donors (Lipinski definition) is 2. The molecule has 0 radical (unpaired) electrons. The maximum Gasteiger partial charge on any atom is 0.490 e. The van der Waals surface area contributed by atoms with E-state index in [0.29, 0.717) is 19.6 Å². The lowest BCUT2D eigenvalue weighted by molar-refractivity contribution is -0.892. The first-order valence-corrected chi connectivity index (χ1v) is 7.10. The van der Waals surface area contributed by atoms with Crippen LogP contribution < -0.4 is 4.90 Å².